The van der Waals surface area contributed by atoms with Gasteiger partial charge in [-0.15, -0.1) is 0 Å². The van der Waals surface area contributed by atoms with E-state index in [9.17, 15) is 5.11 Å². The number of β-amino-alcohol motifs (C(OH)–C–C–N with tert-alkyl or cyclic N) is 1. The molecule has 112 valence electrons. The molecule has 0 spiro atoms. The van der Waals surface area contributed by atoms with E-state index in [-0.39, 0.29) is 6.10 Å². The average Bonchev–Trinajstić information content (AvgIpc) is 2.92. The fraction of sp³-hybridized carbons (Fsp3) is 1.00. The van der Waals surface area contributed by atoms with Gasteiger partial charge in [-0.3, -0.25) is 4.90 Å². The predicted octanol–water partition coefficient (Wildman–Crippen LogP) is -0.245. The van der Waals surface area contributed by atoms with Gasteiger partial charge in [0.25, 0.3) is 0 Å². The van der Waals surface area contributed by atoms with Crippen LogP contribution in [0.3, 0.4) is 0 Å². The number of nitrogens with zero attached hydrogens (tertiary/aromatic N) is 2. The van der Waals surface area contributed by atoms with E-state index in [1.807, 2.05) is 0 Å². The standard InChI is InChI=1S/C14H29N3O2/c18-14(13-17-8-10-19-11-9-17)12-15-4-3-7-16-5-1-2-6-16/h14-15,18H,1-13H2. The molecule has 0 radical (unpaired) electrons. The van der Waals surface area contributed by atoms with Crippen molar-refractivity contribution in [3.63, 3.8) is 0 Å². The molecule has 0 aromatic rings. The molecular weight excluding hydrogens is 242 g/mol. The Morgan fingerprint density at radius 2 is 1.79 bits per heavy atom. The Hall–Kier alpha value is -0.200. The van der Waals surface area contributed by atoms with E-state index in [0.29, 0.717) is 6.54 Å². The first-order valence-corrected chi connectivity index (χ1v) is 7.76. The summed E-state index contributed by atoms with van der Waals surface area (Å²) in [5, 5.41) is 13.3. The van der Waals surface area contributed by atoms with Gasteiger partial charge in [0.15, 0.2) is 0 Å². The molecule has 19 heavy (non-hydrogen) atoms. The number of rotatable bonds is 8. The molecule has 2 aliphatic rings. The number of nitrogens with one attached hydrogen (secondary N) is 1. The zero-order valence-corrected chi connectivity index (χ0v) is 12.0. The summed E-state index contributed by atoms with van der Waals surface area (Å²) in [6.07, 6.45) is 3.66. The van der Waals surface area contributed by atoms with Crippen molar-refractivity contribution >= 4 is 0 Å². The second kappa shape index (κ2) is 8.87. The van der Waals surface area contributed by atoms with Crippen LogP contribution in [-0.2, 0) is 4.74 Å². The monoisotopic (exact) mass is 271 g/mol. The summed E-state index contributed by atoms with van der Waals surface area (Å²) in [5.41, 5.74) is 0. The van der Waals surface area contributed by atoms with Gasteiger partial charge in [0.2, 0.25) is 0 Å². The van der Waals surface area contributed by atoms with Gasteiger partial charge < -0.3 is 20.1 Å². The van der Waals surface area contributed by atoms with Crippen LogP contribution >= 0.6 is 0 Å². The third-order valence-electron chi connectivity index (χ3n) is 3.98. The topological polar surface area (TPSA) is 48.0 Å². The number of hydrogen-bond donors (Lipinski definition) is 2. The van der Waals surface area contributed by atoms with Crippen molar-refractivity contribution in [3.8, 4) is 0 Å². The summed E-state index contributed by atoms with van der Waals surface area (Å²) in [4.78, 5) is 4.81. The van der Waals surface area contributed by atoms with Gasteiger partial charge in [-0.1, -0.05) is 0 Å². The average molecular weight is 271 g/mol. The van der Waals surface area contributed by atoms with Crippen LogP contribution in [0, 0.1) is 0 Å². The molecule has 2 saturated heterocycles. The van der Waals surface area contributed by atoms with Crippen molar-refractivity contribution in [2.75, 3.05) is 65.6 Å². The van der Waals surface area contributed by atoms with Crippen LogP contribution in [0.4, 0.5) is 0 Å². The number of ether oxygens (including phenoxy) is 1. The summed E-state index contributed by atoms with van der Waals surface area (Å²) in [7, 11) is 0. The second-order valence-corrected chi connectivity index (χ2v) is 5.67. The molecule has 2 N–H and O–H groups in total. The van der Waals surface area contributed by atoms with Crippen molar-refractivity contribution in [1.82, 2.24) is 15.1 Å². The fourth-order valence-corrected chi connectivity index (χ4v) is 2.85. The van der Waals surface area contributed by atoms with Gasteiger partial charge in [-0.05, 0) is 45.4 Å². The summed E-state index contributed by atoms with van der Waals surface area (Å²) >= 11 is 0. The third-order valence-corrected chi connectivity index (χ3v) is 3.98. The zero-order chi connectivity index (χ0) is 13.3. The Morgan fingerprint density at radius 1 is 1.05 bits per heavy atom. The molecular formula is C14H29N3O2. The zero-order valence-electron chi connectivity index (χ0n) is 12.0. The lowest BCUT2D eigenvalue weighted by Crippen LogP contribution is -2.44. The van der Waals surface area contributed by atoms with Crippen LogP contribution in [0.2, 0.25) is 0 Å². The van der Waals surface area contributed by atoms with Crippen molar-refractivity contribution in [2.45, 2.75) is 25.4 Å². The second-order valence-electron chi connectivity index (χ2n) is 5.67. The van der Waals surface area contributed by atoms with Gasteiger partial charge in [-0.2, -0.15) is 0 Å². The molecule has 2 heterocycles. The lowest BCUT2D eigenvalue weighted by Gasteiger charge is -2.28. The predicted molar refractivity (Wildman–Crippen MR) is 76.4 cm³/mol. The molecule has 0 amide bonds. The lowest BCUT2D eigenvalue weighted by atomic mass is 10.3. The molecule has 2 fully saturated rings. The van der Waals surface area contributed by atoms with E-state index < -0.39 is 0 Å². The van der Waals surface area contributed by atoms with Crippen molar-refractivity contribution in [2.24, 2.45) is 0 Å². The van der Waals surface area contributed by atoms with E-state index in [0.717, 1.165) is 39.4 Å². The number of hydrogen-bond acceptors (Lipinski definition) is 5. The van der Waals surface area contributed by atoms with Crippen molar-refractivity contribution in [1.29, 1.82) is 0 Å². The van der Waals surface area contributed by atoms with Crippen LogP contribution in [-0.4, -0.2) is 86.6 Å². The van der Waals surface area contributed by atoms with E-state index >= 15 is 0 Å². The van der Waals surface area contributed by atoms with Crippen LogP contribution in [0.1, 0.15) is 19.3 Å². The minimum absolute atomic E-state index is 0.259. The first kappa shape index (κ1) is 15.2. The van der Waals surface area contributed by atoms with E-state index in [1.165, 1.54) is 38.9 Å². The van der Waals surface area contributed by atoms with E-state index in [2.05, 4.69) is 15.1 Å². The number of aliphatic hydroxyl groups excluding tert-OH is 1. The molecule has 0 aromatic heterocycles. The maximum Gasteiger partial charge on any atom is 0.0791 e. The SMILES string of the molecule is OC(CNCCCN1CCCC1)CN1CCOCC1. The quantitative estimate of drug-likeness (QED) is 0.597. The summed E-state index contributed by atoms with van der Waals surface area (Å²) in [5.74, 6) is 0. The molecule has 1 atom stereocenters. The van der Waals surface area contributed by atoms with Crippen LogP contribution in [0.5, 0.6) is 0 Å². The van der Waals surface area contributed by atoms with Crippen molar-refractivity contribution < 1.29 is 9.84 Å². The highest BCUT2D eigenvalue weighted by atomic mass is 16.5. The minimum atomic E-state index is -0.259. The first-order chi connectivity index (χ1) is 9.34. The molecule has 5 heteroatoms. The molecule has 0 saturated carbocycles. The van der Waals surface area contributed by atoms with E-state index in [4.69, 9.17) is 4.74 Å². The minimum Gasteiger partial charge on any atom is -0.390 e. The largest absolute Gasteiger partial charge is 0.390 e. The van der Waals surface area contributed by atoms with Crippen LogP contribution < -0.4 is 5.32 Å². The molecule has 2 aliphatic heterocycles. The maximum absolute atomic E-state index is 9.96. The Balaban J connectivity index is 1.43. The summed E-state index contributed by atoms with van der Waals surface area (Å²) in [6.45, 7) is 9.74. The van der Waals surface area contributed by atoms with Gasteiger partial charge in [0, 0.05) is 26.2 Å². The highest BCUT2D eigenvalue weighted by molar-refractivity contribution is 4.70. The molecule has 0 aliphatic carbocycles. The molecule has 0 bridgehead atoms. The maximum atomic E-state index is 9.96. The smallest absolute Gasteiger partial charge is 0.0791 e. The lowest BCUT2D eigenvalue weighted by molar-refractivity contribution is 0.0149. The highest BCUT2D eigenvalue weighted by Crippen LogP contribution is 2.06. The first-order valence-electron chi connectivity index (χ1n) is 7.76. The Kier molecular flexibility index (Phi) is 7.09. The molecule has 5 nitrogen and oxygen atoms in total. The van der Waals surface area contributed by atoms with Gasteiger partial charge in [-0.25, -0.2) is 0 Å². The van der Waals surface area contributed by atoms with Gasteiger partial charge in [0.05, 0.1) is 19.3 Å². The van der Waals surface area contributed by atoms with Crippen LogP contribution in [0.25, 0.3) is 0 Å². The van der Waals surface area contributed by atoms with E-state index in [1.54, 1.807) is 0 Å². The fourth-order valence-electron chi connectivity index (χ4n) is 2.85. The normalized spacial score (nSPS) is 23.8. The Morgan fingerprint density at radius 3 is 2.53 bits per heavy atom. The molecule has 1 unspecified atom stereocenters. The molecule has 2 rings (SSSR count). The number of likely N-dealkylation sites (tertiary alicyclic amines) is 1. The number of aliphatic hydroxyl groups is 1. The summed E-state index contributed by atoms with van der Waals surface area (Å²) < 4.78 is 5.30. The van der Waals surface area contributed by atoms with Gasteiger partial charge >= 0.3 is 0 Å². The number of morpholine rings is 1. The third kappa shape index (κ3) is 6.19. The van der Waals surface area contributed by atoms with Crippen LogP contribution in [0.15, 0.2) is 0 Å². The summed E-state index contributed by atoms with van der Waals surface area (Å²) in [6, 6.07) is 0. The Bertz CT molecular complexity index is 229. The van der Waals surface area contributed by atoms with Crippen molar-refractivity contribution in [3.05, 3.63) is 0 Å². The highest BCUT2D eigenvalue weighted by Gasteiger charge is 2.14. The molecule has 0 aromatic carbocycles. The Labute approximate surface area is 116 Å². The van der Waals surface area contributed by atoms with Gasteiger partial charge in [0.1, 0.15) is 0 Å².